The summed E-state index contributed by atoms with van der Waals surface area (Å²) >= 11 is 1.82. The molecule has 0 aliphatic carbocycles. The first kappa shape index (κ1) is 11.9. The Kier molecular flexibility index (Phi) is 3.56. The zero-order valence-corrected chi connectivity index (χ0v) is 11.2. The van der Waals surface area contributed by atoms with Gasteiger partial charge in [0.05, 0.1) is 5.69 Å². The van der Waals surface area contributed by atoms with Gasteiger partial charge in [-0.15, -0.1) is 11.3 Å². The first-order valence-electron chi connectivity index (χ1n) is 6.20. The van der Waals surface area contributed by atoms with Crippen LogP contribution in [0.25, 0.3) is 10.4 Å². The Morgan fingerprint density at radius 3 is 2.63 bits per heavy atom. The average Bonchev–Trinajstić information content (AvgIpc) is 2.96. The fraction of sp³-hybridized carbons (Fsp3) is 0.0625. The number of pyridine rings is 1. The Hall–Kier alpha value is -2.13. The molecule has 3 rings (SSSR count). The lowest BCUT2D eigenvalue weighted by molar-refractivity contribution is 1.17. The zero-order chi connectivity index (χ0) is 12.9. The van der Waals surface area contributed by atoms with Crippen LogP contribution in [0.2, 0.25) is 0 Å². The normalized spacial score (nSPS) is 10.3. The first-order chi connectivity index (χ1) is 9.42. The van der Waals surface area contributed by atoms with Crippen molar-refractivity contribution in [2.75, 3.05) is 5.32 Å². The predicted molar refractivity (Wildman–Crippen MR) is 81.3 cm³/mol. The molecule has 0 unspecified atom stereocenters. The highest BCUT2D eigenvalue weighted by Gasteiger charge is 2.02. The minimum Gasteiger partial charge on any atom is -0.379 e. The topological polar surface area (TPSA) is 24.9 Å². The van der Waals surface area contributed by atoms with E-state index in [-0.39, 0.29) is 0 Å². The maximum absolute atomic E-state index is 4.09. The van der Waals surface area contributed by atoms with Crippen molar-refractivity contribution in [2.45, 2.75) is 6.54 Å². The van der Waals surface area contributed by atoms with E-state index in [1.807, 2.05) is 35.7 Å². The molecular weight excluding hydrogens is 252 g/mol. The Morgan fingerprint density at radius 1 is 0.947 bits per heavy atom. The Bertz CT molecular complexity index is 632. The van der Waals surface area contributed by atoms with E-state index in [1.165, 1.54) is 15.3 Å². The Morgan fingerprint density at radius 2 is 1.84 bits per heavy atom. The minimum absolute atomic E-state index is 0.837. The molecule has 0 bridgehead atoms. The van der Waals surface area contributed by atoms with Crippen molar-refractivity contribution in [3.05, 3.63) is 71.9 Å². The molecular formula is C16H14N2S. The lowest BCUT2D eigenvalue weighted by Crippen LogP contribution is -1.96. The van der Waals surface area contributed by atoms with Gasteiger partial charge in [0.25, 0.3) is 0 Å². The molecule has 3 aromatic rings. The molecule has 2 aromatic heterocycles. The fourth-order valence-corrected chi connectivity index (χ4v) is 2.84. The maximum Gasteiger partial charge on any atom is 0.0529 e. The lowest BCUT2D eigenvalue weighted by Gasteiger charge is -2.03. The summed E-state index contributed by atoms with van der Waals surface area (Å²) in [5.74, 6) is 0. The van der Waals surface area contributed by atoms with Gasteiger partial charge in [-0.2, -0.15) is 0 Å². The van der Waals surface area contributed by atoms with Crippen LogP contribution in [0.4, 0.5) is 5.69 Å². The SMILES string of the molecule is c1ccc(-c2ccc(CNc3cccnc3)s2)cc1. The van der Waals surface area contributed by atoms with Crippen molar-refractivity contribution in [2.24, 2.45) is 0 Å². The van der Waals surface area contributed by atoms with Crippen LogP contribution in [0, 0.1) is 0 Å². The highest BCUT2D eigenvalue weighted by molar-refractivity contribution is 7.15. The molecule has 2 heterocycles. The Balaban J connectivity index is 1.69. The van der Waals surface area contributed by atoms with Crippen LogP contribution in [0.15, 0.2) is 67.0 Å². The second-order valence-corrected chi connectivity index (χ2v) is 5.40. The van der Waals surface area contributed by atoms with E-state index in [1.54, 1.807) is 6.20 Å². The van der Waals surface area contributed by atoms with E-state index in [0.717, 1.165) is 12.2 Å². The van der Waals surface area contributed by atoms with Gasteiger partial charge in [-0.25, -0.2) is 0 Å². The van der Waals surface area contributed by atoms with Crippen molar-refractivity contribution < 1.29 is 0 Å². The molecule has 2 nitrogen and oxygen atoms in total. The molecule has 0 aliphatic heterocycles. The van der Waals surface area contributed by atoms with E-state index >= 15 is 0 Å². The molecule has 1 aromatic carbocycles. The summed E-state index contributed by atoms with van der Waals surface area (Å²) in [7, 11) is 0. The molecule has 3 heteroatoms. The summed E-state index contributed by atoms with van der Waals surface area (Å²) < 4.78 is 0. The lowest BCUT2D eigenvalue weighted by atomic mass is 10.2. The number of anilines is 1. The van der Waals surface area contributed by atoms with Gasteiger partial charge in [-0.05, 0) is 29.8 Å². The average molecular weight is 266 g/mol. The van der Waals surface area contributed by atoms with Gasteiger partial charge >= 0.3 is 0 Å². The van der Waals surface area contributed by atoms with Crippen LogP contribution >= 0.6 is 11.3 Å². The summed E-state index contributed by atoms with van der Waals surface area (Å²) in [6.07, 6.45) is 3.62. The molecule has 0 radical (unpaired) electrons. The van der Waals surface area contributed by atoms with E-state index < -0.39 is 0 Å². The van der Waals surface area contributed by atoms with Crippen molar-refractivity contribution in [3.63, 3.8) is 0 Å². The van der Waals surface area contributed by atoms with E-state index in [0.29, 0.717) is 0 Å². The van der Waals surface area contributed by atoms with Gasteiger partial charge in [0.15, 0.2) is 0 Å². The summed E-state index contributed by atoms with van der Waals surface area (Å²) in [5, 5.41) is 3.37. The molecule has 94 valence electrons. The summed E-state index contributed by atoms with van der Waals surface area (Å²) in [4.78, 5) is 6.72. The second kappa shape index (κ2) is 5.67. The molecule has 0 fully saturated rings. The quantitative estimate of drug-likeness (QED) is 0.756. The van der Waals surface area contributed by atoms with Crippen LogP contribution in [-0.2, 0) is 6.54 Å². The van der Waals surface area contributed by atoms with Crippen molar-refractivity contribution in [3.8, 4) is 10.4 Å². The minimum atomic E-state index is 0.837. The predicted octanol–water partition coefficient (Wildman–Crippen LogP) is 4.42. The molecule has 19 heavy (non-hydrogen) atoms. The number of nitrogens with zero attached hydrogens (tertiary/aromatic N) is 1. The highest BCUT2D eigenvalue weighted by atomic mass is 32.1. The molecule has 0 amide bonds. The van der Waals surface area contributed by atoms with E-state index in [4.69, 9.17) is 0 Å². The zero-order valence-electron chi connectivity index (χ0n) is 10.4. The fourth-order valence-electron chi connectivity index (χ4n) is 1.89. The molecule has 0 saturated carbocycles. The van der Waals surface area contributed by atoms with Gasteiger partial charge in [-0.3, -0.25) is 4.98 Å². The number of hydrogen-bond donors (Lipinski definition) is 1. The molecule has 0 aliphatic rings. The third-order valence-electron chi connectivity index (χ3n) is 2.85. The van der Waals surface area contributed by atoms with Crippen LogP contribution in [-0.4, -0.2) is 4.98 Å². The summed E-state index contributed by atoms with van der Waals surface area (Å²) in [6.45, 7) is 0.837. The van der Waals surface area contributed by atoms with Crippen LogP contribution in [0.3, 0.4) is 0 Å². The largest absolute Gasteiger partial charge is 0.379 e. The molecule has 0 saturated heterocycles. The van der Waals surface area contributed by atoms with Crippen molar-refractivity contribution in [1.82, 2.24) is 4.98 Å². The maximum atomic E-state index is 4.09. The second-order valence-electron chi connectivity index (χ2n) is 4.23. The molecule has 1 N–H and O–H groups in total. The molecule has 0 spiro atoms. The van der Waals surface area contributed by atoms with Gasteiger partial charge in [0, 0.05) is 28.7 Å². The summed E-state index contributed by atoms with van der Waals surface area (Å²) in [6, 6.07) is 18.8. The van der Waals surface area contributed by atoms with Gasteiger partial charge in [-0.1, -0.05) is 30.3 Å². The van der Waals surface area contributed by atoms with Crippen LogP contribution < -0.4 is 5.32 Å². The van der Waals surface area contributed by atoms with E-state index in [2.05, 4.69) is 46.7 Å². The Labute approximate surface area is 116 Å². The summed E-state index contributed by atoms with van der Waals surface area (Å²) in [5.41, 5.74) is 2.33. The molecule has 0 atom stereocenters. The van der Waals surface area contributed by atoms with Gasteiger partial charge in [0.2, 0.25) is 0 Å². The van der Waals surface area contributed by atoms with Gasteiger partial charge < -0.3 is 5.32 Å². The smallest absolute Gasteiger partial charge is 0.0529 e. The highest BCUT2D eigenvalue weighted by Crippen LogP contribution is 2.28. The third-order valence-corrected chi connectivity index (χ3v) is 3.98. The van der Waals surface area contributed by atoms with Crippen LogP contribution in [0.1, 0.15) is 4.88 Å². The van der Waals surface area contributed by atoms with E-state index in [9.17, 15) is 0 Å². The van der Waals surface area contributed by atoms with Crippen molar-refractivity contribution in [1.29, 1.82) is 0 Å². The van der Waals surface area contributed by atoms with Gasteiger partial charge in [0.1, 0.15) is 0 Å². The number of rotatable bonds is 4. The third kappa shape index (κ3) is 3.01. The number of aromatic nitrogens is 1. The van der Waals surface area contributed by atoms with Crippen LogP contribution in [0.5, 0.6) is 0 Å². The number of benzene rings is 1. The monoisotopic (exact) mass is 266 g/mol. The standard InChI is InChI=1S/C16H14N2S/c1-2-5-13(6-3-1)16-9-8-15(19-16)12-18-14-7-4-10-17-11-14/h1-11,18H,12H2. The number of nitrogens with one attached hydrogen (secondary N) is 1. The number of thiophene rings is 1. The first-order valence-corrected chi connectivity index (χ1v) is 7.01. The number of hydrogen-bond acceptors (Lipinski definition) is 3. The van der Waals surface area contributed by atoms with Crippen molar-refractivity contribution >= 4 is 17.0 Å².